The summed E-state index contributed by atoms with van der Waals surface area (Å²) >= 11 is 2.74. The van der Waals surface area contributed by atoms with Crippen LogP contribution in [0.4, 0.5) is 0 Å². The third-order valence-corrected chi connectivity index (χ3v) is 5.41. The number of hydrogen-bond donors (Lipinski definition) is 1. The average Bonchev–Trinajstić information content (AvgIpc) is 3.10. The first-order valence-electron chi connectivity index (χ1n) is 7.58. The van der Waals surface area contributed by atoms with Crippen molar-refractivity contribution in [2.24, 2.45) is 0 Å². The van der Waals surface area contributed by atoms with E-state index in [2.05, 4.69) is 6.92 Å². The van der Waals surface area contributed by atoms with Gasteiger partial charge < -0.3 is 5.11 Å². The van der Waals surface area contributed by atoms with E-state index in [-0.39, 0.29) is 18.4 Å². The van der Waals surface area contributed by atoms with E-state index in [1.165, 1.54) is 28.0 Å². The van der Waals surface area contributed by atoms with Gasteiger partial charge in [-0.1, -0.05) is 32.3 Å². The maximum atomic E-state index is 12.6. The van der Waals surface area contributed by atoms with Gasteiger partial charge in [0.2, 0.25) is 0 Å². The Kier molecular flexibility index (Phi) is 6.67. The molecular weight excluding hydrogens is 318 g/mol. The van der Waals surface area contributed by atoms with E-state index in [1.54, 1.807) is 0 Å². The molecule has 2 heterocycles. The molecule has 0 radical (unpaired) electrons. The molecule has 1 aliphatic rings. The highest BCUT2D eigenvalue weighted by Gasteiger charge is 2.38. The van der Waals surface area contributed by atoms with Crippen molar-refractivity contribution in [1.82, 2.24) is 4.90 Å². The monoisotopic (exact) mass is 339 g/mol. The highest BCUT2D eigenvalue weighted by Crippen LogP contribution is 2.37. The van der Waals surface area contributed by atoms with Crippen LogP contribution in [-0.2, 0) is 9.59 Å². The number of hydrogen-bond acceptors (Lipinski definition) is 5. The number of carbonyl (C=O) groups excluding carboxylic acids is 2. The van der Waals surface area contributed by atoms with E-state index in [9.17, 15) is 9.59 Å². The summed E-state index contributed by atoms with van der Waals surface area (Å²) in [4.78, 5) is 27.8. The fraction of sp³-hybridized carbons (Fsp3) is 0.500. The Labute approximate surface area is 139 Å². The Bertz CT molecular complexity index is 552. The van der Waals surface area contributed by atoms with Crippen LogP contribution in [0.1, 0.15) is 37.5 Å². The lowest BCUT2D eigenvalue weighted by molar-refractivity contribution is -0.136. The molecule has 6 heteroatoms. The molecule has 0 fully saturated rings. The number of carbonyl (C=O) groups is 2. The summed E-state index contributed by atoms with van der Waals surface area (Å²) in [7, 11) is 0. The number of thiophene rings is 1. The zero-order valence-electron chi connectivity index (χ0n) is 12.7. The quantitative estimate of drug-likeness (QED) is 0.555. The summed E-state index contributed by atoms with van der Waals surface area (Å²) < 4.78 is 0. The van der Waals surface area contributed by atoms with Gasteiger partial charge in [-0.25, -0.2) is 0 Å². The van der Waals surface area contributed by atoms with Gasteiger partial charge in [-0.05, 0) is 17.9 Å². The largest absolute Gasteiger partial charge is 0.396 e. The fourth-order valence-electron chi connectivity index (χ4n) is 2.37. The van der Waals surface area contributed by atoms with Crippen LogP contribution in [0.5, 0.6) is 0 Å². The molecular formula is C16H21NO3S2. The molecule has 0 aliphatic carbocycles. The second kappa shape index (κ2) is 8.50. The predicted molar refractivity (Wildman–Crippen MR) is 91.6 cm³/mol. The molecule has 1 aliphatic heterocycles. The molecule has 1 aromatic rings. The summed E-state index contributed by atoms with van der Waals surface area (Å²) in [6.07, 6.45) is 4.12. The lowest BCUT2D eigenvalue weighted by Crippen LogP contribution is -2.32. The number of rotatable bonds is 9. The molecule has 0 saturated heterocycles. The van der Waals surface area contributed by atoms with Crippen LogP contribution in [0.3, 0.4) is 0 Å². The SMILES string of the molecule is CCCCCCN1C(=O)C(SCCO)=C(c2cccs2)C1=O. The molecule has 0 spiro atoms. The molecule has 0 unspecified atom stereocenters. The van der Waals surface area contributed by atoms with Crippen molar-refractivity contribution < 1.29 is 14.7 Å². The van der Waals surface area contributed by atoms with Crippen molar-refractivity contribution >= 4 is 40.5 Å². The highest BCUT2D eigenvalue weighted by molar-refractivity contribution is 8.04. The fourth-order valence-corrected chi connectivity index (χ4v) is 4.08. The second-order valence-corrected chi connectivity index (χ2v) is 7.13. The number of aliphatic hydroxyl groups is 1. The van der Waals surface area contributed by atoms with Gasteiger partial charge in [0.1, 0.15) is 0 Å². The van der Waals surface area contributed by atoms with E-state index < -0.39 is 0 Å². The molecule has 0 saturated carbocycles. The van der Waals surface area contributed by atoms with E-state index in [0.29, 0.717) is 22.8 Å². The van der Waals surface area contributed by atoms with Crippen molar-refractivity contribution in [2.75, 3.05) is 18.9 Å². The summed E-state index contributed by atoms with van der Waals surface area (Å²) in [5.74, 6) is 0.0279. The molecule has 120 valence electrons. The Morgan fingerprint density at radius 2 is 2.05 bits per heavy atom. The summed E-state index contributed by atoms with van der Waals surface area (Å²) in [6.45, 7) is 2.60. The average molecular weight is 339 g/mol. The normalized spacial score (nSPS) is 15.3. The van der Waals surface area contributed by atoms with E-state index in [1.807, 2.05) is 17.5 Å². The van der Waals surface area contributed by atoms with Crippen molar-refractivity contribution in [3.8, 4) is 0 Å². The lowest BCUT2D eigenvalue weighted by atomic mass is 10.2. The number of aliphatic hydroxyl groups excluding tert-OH is 1. The number of amides is 2. The van der Waals surface area contributed by atoms with Gasteiger partial charge in [0, 0.05) is 17.2 Å². The van der Waals surface area contributed by atoms with Crippen LogP contribution in [0.2, 0.25) is 0 Å². The lowest BCUT2D eigenvalue weighted by Gasteiger charge is -2.14. The van der Waals surface area contributed by atoms with Crippen LogP contribution >= 0.6 is 23.1 Å². The molecule has 1 N–H and O–H groups in total. The standard InChI is InChI=1S/C16H21NO3S2/c1-2-3-4-5-8-17-15(19)13(12-7-6-10-21-12)14(16(17)20)22-11-9-18/h6-7,10,18H,2-5,8-9,11H2,1H3. The van der Waals surface area contributed by atoms with Gasteiger partial charge in [-0.2, -0.15) is 0 Å². The zero-order valence-corrected chi connectivity index (χ0v) is 14.3. The first kappa shape index (κ1) is 17.2. The highest BCUT2D eigenvalue weighted by atomic mass is 32.2. The molecule has 0 bridgehead atoms. The van der Waals surface area contributed by atoms with Crippen molar-refractivity contribution in [1.29, 1.82) is 0 Å². The molecule has 0 atom stereocenters. The topological polar surface area (TPSA) is 57.6 Å². The minimum Gasteiger partial charge on any atom is -0.396 e. The van der Waals surface area contributed by atoms with Gasteiger partial charge in [0.25, 0.3) is 11.8 Å². The van der Waals surface area contributed by atoms with Gasteiger partial charge >= 0.3 is 0 Å². The molecule has 0 aromatic carbocycles. The smallest absolute Gasteiger partial charge is 0.268 e. The molecule has 2 amide bonds. The molecule has 4 nitrogen and oxygen atoms in total. The second-order valence-electron chi connectivity index (χ2n) is 5.08. The minimum absolute atomic E-state index is 0.0101. The van der Waals surface area contributed by atoms with E-state index in [4.69, 9.17) is 5.11 Å². The van der Waals surface area contributed by atoms with Gasteiger partial charge in [-0.3, -0.25) is 14.5 Å². The third kappa shape index (κ3) is 3.80. The Morgan fingerprint density at radius 1 is 1.23 bits per heavy atom. The third-order valence-electron chi connectivity index (χ3n) is 3.47. The Morgan fingerprint density at radius 3 is 2.68 bits per heavy atom. The maximum Gasteiger partial charge on any atom is 0.268 e. The number of thioether (sulfide) groups is 1. The number of nitrogens with zero attached hydrogens (tertiary/aromatic N) is 1. The van der Waals surface area contributed by atoms with Gasteiger partial charge in [0.15, 0.2) is 0 Å². The van der Waals surface area contributed by atoms with E-state index in [0.717, 1.165) is 30.6 Å². The number of imide groups is 1. The van der Waals surface area contributed by atoms with Crippen molar-refractivity contribution in [3.05, 3.63) is 27.3 Å². The van der Waals surface area contributed by atoms with Crippen LogP contribution in [-0.4, -0.2) is 40.7 Å². The predicted octanol–water partition coefficient (Wildman–Crippen LogP) is 3.13. The zero-order chi connectivity index (χ0) is 15.9. The first-order valence-corrected chi connectivity index (χ1v) is 9.45. The van der Waals surface area contributed by atoms with Crippen LogP contribution in [0.25, 0.3) is 5.57 Å². The number of unbranched alkanes of at least 4 members (excludes halogenated alkanes) is 3. The molecule has 22 heavy (non-hydrogen) atoms. The van der Waals surface area contributed by atoms with Crippen molar-refractivity contribution in [3.63, 3.8) is 0 Å². The Balaban J connectivity index is 2.16. The van der Waals surface area contributed by atoms with Crippen LogP contribution in [0.15, 0.2) is 22.4 Å². The first-order chi connectivity index (χ1) is 10.7. The van der Waals surface area contributed by atoms with Crippen molar-refractivity contribution in [2.45, 2.75) is 32.6 Å². The molecule has 1 aromatic heterocycles. The maximum absolute atomic E-state index is 12.6. The van der Waals surface area contributed by atoms with E-state index >= 15 is 0 Å². The summed E-state index contributed by atoms with van der Waals surface area (Å²) in [6, 6.07) is 3.74. The van der Waals surface area contributed by atoms with Crippen LogP contribution in [0, 0.1) is 0 Å². The van der Waals surface area contributed by atoms with Gasteiger partial charge in [0.05, 0.1) is 17.1 Å². The molecule has 2 rings (SSSR count). The van der Waals surface area contributed by atoms with Crippen LogP contribution < -0.4 is 0 Å². The van der Waals surface area contributed by atoms with Gasteiger partial charge in [-0.15, -0.1) is 23.1 Å². The summed E-state index contributed by atoms with van der Waals surface area (Å²) in [5.41, 5.74) is 0.508. The summed E-state index contributed by atoms with van der Waals surface area (Å²) in [5, 5.41) is 10.9. The minimum atomic E-state index is -0.205. The Hall–Kier alpha value is -1.11.